The monoisotopic (exact) mass is 690 g/mol. The van der Waals surface area contributed by atoms with Crippen molar-refractivity contribution in [2.24, 2.45) is 0 Å². The molecular formula is C51H34N2O. The average molecular weight is 691 g/mol. The van der Waals surface area contributed by atoms with Gasteiger partial charge in [0.1, 0.15) is 5.52 Å². The van der Waals surface area contributed by atoms with Crippen molar-refractivity contribution in [2.45, 2.75) is 0 Å². The molecule has 0 saturated carbocycles. The van der Waals surface area contributed by atoms with Gasteiger partial charge in [0, 0.05) is 28.0 Å². The topological polar surface area (TPSA) is 29.3 Å². The van der Waals surface area contributed by atoms with Crippen LogP contribution in [0.2, 0.25) is 0 Å². The van der Waals surface area contributed by atoms with Crippen molar-refractivity contribution < 1.29 is 4.42 Å². The molecule has 3 nitrogen and oxygen atoms in total. The highest BCUT2D eigenvalue weighted by Gasteiger charge is 2.19. The molecule has 0 amide bonds. The zero-order chi connectivity index (χ0) is 35.8. The number of fused-ring (bicyclic) bond motifs is 5. The number of nitrogens with zero attached hydrogens (tertiary/aromatic N) is 2. The van der Waals surface area contributed by atoms with Gasteiger partial charge in [-0.05, 0) is 110 Å². The van der Waals surface area contributed by atoms with Crippen molar-refractivity contribution in [1.29, 1.82) is 0 Å². The summed E-state index contributed by atoms with van der Waals surface area (Å²) in [6.45, 7) is 0. The molecule has 0 radical (unpaired) electrons. The molecular weight excluding hydrogens is 657 g/mol. The predicted octanol–water partition coefficient (Wildman–Crippen LogP) is 14.3. The van der Waals surface area contributed by atoms with E-state index >= 15 is 0 Å². The van der Waals surface area contributed by atoms with Crippen LogP contribution in [0.5, 0.6) is 0 Å². The van der Waals surface area contributed by atoms with Crippen molar-refractivity contribution in [3.8, 4) is 44.8 Å². The molecule has 0 fully saturated rings. The molecule has 0 saturated heterocycles. The Morgan fingerprint density at radius 1 is 0.370 bits per heavy atom. The zero-order valence-corrected chi connectivity index (χ0v) is 29.4. The lowest BCUT2D eigenvalue weighted by Crippen LogP contribution is -2.09. The molecule has 54 heavy (non-hydrogen) atoms. The minimum absolute atomic E-state index is 0.621. The van der Waals surface area contributed by atoms with Gasteiger partial charge in [-0.2, -0.15) is 0 Å². The molecule has 254 valence electrons. The number of para-hydroxylation sites is 1. The lowest BCUT2D eigenvalue weighted by Gasteiger charge is -2.26. The molecule has 0 spiro atoms. The van der Waals surface area contributed by atoms with E-state index in [-0.39, 0.29) is 0 Å². The molecule has 10 rings (SSSR count). The van der Waals surface area contributed by atoms with Gasteiger partial charge in [-0.15, -0.1) is 0 Å². The number of rotatable bonds is 7. The lowest BCUT2D eigenvalue weighted by molar-refractivity contribution is 0.623. The fraction of sp³-hybridized carbons (Fsp3) is 0. The molecule has 0 atom stereocenters. The largest absolute Gasteiger partial charge is 0.435 e. The van der Waals surface area contributed by atoms with E-state index in [1.165, 1.54) is 33.4 Å². The molecule has 0 aliphatic rings. The minimum Gasteiger partial charge on any atom is -0.435 e. The van der Waals surface area contributed by atoms with Crippen molar-refractivity contribution in [3.05, 3.63) is 206 Å². The number of aromatic nitrogens is 1. The molecule has 10 aromatic rings. The van der Waals surface area contributed by atoms with Crippen LogP contribution < -0.4 is 4.90 Å². The van der Waals surface area contributed by atoms with E-state index in [2.05, 4.69) is 181 Å². The summed E-state index contributed by atoms with van der Waals surface area (Å²) in [5, 5.41) is 4.43. The summed E-state index contributed by atoms with van der Waals surface area (Å²) >= 11 is 0. The maximum absolute atomic E-state index is 6.65. The average Bonchev–Trinajstić information content (AvgIpc) is 3.70. The molecule has 3 heteroatoms. The van der Waals surface area contributed by atoms with Crippen molar-refractivity contribution in [3.63, 3.8) is 0 Å². The number of anilines is 3. The Kier molecular flexibility index (Phi) is 7.81. The number of oxazole rings is 1. The predicted molar refractivity (Wildman–Crippen MR) is 225 cm³/mol. The van der Waals surface area contributed by atoms with E-state index in [1.807, 2.05) is 30.3 Å². The third-order valence-electron chi connectivity index (χ3n) is 10.3. The van der Waals surface area contributed by atoms with Crippen molar-refractivity contribution in [1.82, 2.24) is 4.98 Å². The Bertz CT molecular complexity index is 2880. The smallest absolute Gasteiger partial charge is 0.227 e. The molecule has 0 aliphatic heterocycles. The van der Waals surface area contributed by atoms with E-state index in [0.29, 0.717) is 5.89 Å². The second kappa shape index (κ2) is 13.4. The highest BCUT2D eigenvalue weighted by atomic mass is 16.3. The van der Waals surface area contributed by atoms with Crippen LogP contribution in [0.25, 0.3) is 77.5 Å². The van der Waals surface area contributed by atoms with Gasteiger partial charge in [0.05, 0.1) is 0 Å². The normalized spacial score (nSPS) is 11.3. The first-order valence-corrected chi connectivity index (χ1v) is 18.3. The molecule has 1 heterocycles. The van der Waals surface area contributed by atoms with Crippen molar-refractivity contribution in [2.75, 3.05) is 4.90 Å². The third kappa shape index (κ3) is 5.69. The van der Waals surface area contributed by atoms with Gasteiger partial charge in [0.15, 0.2) is 5.58 Å². The number of hydrogen-bond donors (Lipinski definition) is 0. The second-order valence-electron chi connectivity index (χ2n) is 13.6. The molecule has 0 aliphatic carbocycles. The minimum atomic E-state index is 0.621. The van der Waals surface area contributed by atoms with Gasteiger partial charge in [-0.3, -0.25) is 0 Å². The highest BCUT2D eigenvalue weighted by molar-refractivity contribution is 6.22. The van der Waals surface area contributed by atoms with Crippen LogP contribution in [-0.4, -0.2) is 4.98 Å². The SMILES string of the molecule is c1ccc(-c2ccc(-c3ccc(N(c4ccccc4)c4ccc5c(-c6ccccc6)cc6ccc7nc(-c8ccccc8)oc7c6c5c4)cc3)cc2)cc1. The molecule has 0 unspecified atom stereocenters. The zero-order valence-electron chi connectivity index (χ0n) is 29.4. The van der Waals surface area contributed by atoms with Gasteiger partial charge >= 0.3 is 0 Å². The summed E-state index contributed by atoms with van der Waals surface area (Å²) in [5.41, 5.74) is 12.9. The Morgan fingerprint density at radius 3 is 1.50 bits per heavy atom. The molecule has 0 bridgehead atoms. The quantitative estimate of drug-likeness (QED) is 0.156. The summed E-state index contributed by atoms with van der Waals surface area (Å²) in [6, 6.07) is 72.9. The van der Waals surface area contributed by atoms with E-state index in [9.17, 15) is 0 Å². The maximum atomic E-state index is 6.65. The van der Waals surface area contributed by atoms with Crippen LogP contribution in [-0.2, 0) is 0 Å². The summed E-state index contributed by atoms with van der Waals surface area (Å²) in [4.78, 5) is 7.28. The fourth-order valence-electron chi connectivity index (χ4n) is 7.63. The first-order valence-electron chi connectivity index (χ1n) is 18.3. The van der Waals surface area contributed by atoms with Gasteiger partial charge in [0.2, 0.25) is 5.89 Å². The van der Waals surface area contributed by atoms with E-state index in [0.717, 1.165) is 55.3 Å². The van der Waals surface area contributed by atoms with Gasteiger partial charge in [-0.1, -0.05) is 146 Å². The Morgan fingerprint density at radius 2 is 0.870 bits per heavy atom. The summed E-state index contributed by atoms with van der Waals surface area (Å²) < 4.78 is 6.65. The third-order valence-corrected chi connectivity index (χ3v) is 10.3. The Hall–Kier alpha value is -7.23. The number of hydrogen-bond acceptors (Lipinski definition) is 3. The maximum Gasteiger partial charge on any atom is 0.227 e. The molecule has 1 aromatic heterocycles. The number of benzene rings is 9. The fourth-order valence-corrected chi connectivity index (χ4v) is 7.63. The van der Waals surface area contributed by atoms with Crippen molar-refractivity contribution >= 4 is 49.7 Å². The Labute approximate surface area is 314 Å². The first-order chi connectivity index (χ1) is 26.8. The summed E-state index contributed by atoms with van der Waals surface area (Å²) in [5.74, 6) is 0.621. The van der Waals surface area contributed by atoms with Crippen LogP contribution in [0.4, 0.5) is 17.1 Å². The van der Waals surface area contributed by atoms with E-state index in [4.69, 9.17) is 9.40 Å². The van der Waals surface area contributed by atoms with E-state index in [1.54, 1.807) is 0 Å². The van der Waals surface area contributed by atoms with Crippen LogP contribution in [0, 0.1) is 0 Å². The molecule has 9 aromatic carbocycles. The van der Waals surface area contributed by atoms with Crippen LogP contribution >= 0.6 is 0 Å². The molecule has 0 N–H and O–H groups in total. The standard InChI is InChI=1S/C51H34N2O/c1-5-13-35(14-6-1)36-21-23-37(24-22-36)38-25-28-43(29-26-38)53(42-19-11-4-12-20-42)44-30-31-45-46(39-15-7-2-8-16-39)33-41-27-32-48-50(49(41)47(45)34-44)54-51(52-48)40-17-9-3-10-18-40/h1-34H. The summed E-state index contributed by atoms with van der Waals surface area (Å²) in [7, 11) is 0. The second-order valence-corrected chi connectivity index (χ2v) is 13.6. The van der Waals surface area contributed by atoms with Gasteiger partial charge < -0.3 is 9.32 Å². The summed E-state index contributed by atoms with van der Waals surface area (Å²) in [6.07, 6.45) is 0. The van der Waals surface area contributed by atoms with Crippen LogP contribution in [0.1, 0.15) is 0 Å². The first kappa shape index (κ1) is 31.5. The van der Waals surface area contributed by atoms with Crippen LogP contribution in [0.15, 0.2) is 211 Å². The highest BCUT2D eigenvalue weighted by Crippen LogP contribution is 2.43. The van der Waals surface area contributed by atoms with Crippen LogP contribution in [0.3, 0.4) is 0 Å². The van der Waals surface area contributed by atoms with Gasteiger partial charge in [0.25, 0.3) is 0 Å². The van der Waals surface area contributed by atoms with E-state index < -0.39 is 0 Å². The lowest BCUT2D eigenvalue weighted by atomic mass is 9.92. The van der Waals surface area contributed by atoms with Gasteiger partial charge in [-0.25, -0.2) is 4.98 Å². The Balaban J connectivity index is 1.13.